The van der Waals surface area contributed by atoms with Crippen LogP contribution in [0, 0.1) is 35.3 Å². The van der Waals surface area contributed by atoms with Crippen LogP contribution < -0.4 is 4.74 Å². The lowest BCUT2D eigenvalue weighted by Crippen LogP contribution is -1.94. The number of nitro benzene ring substituents is 1. The molecule has 0 saturated carbocycles. The van der Waals surface area contributed by atoms with E-state index in [0.717, 1.165) is 15.6 Å². The summed E-state index contributed by atoms with van der Waals surface area (Å²) in [6, 6.07) is 9.64. The van der Waals surface area contributed by atoms with Gasteiger partial charge in [0, 0.05) is 4.47 Å². The van der Waals surface area contributed by atoms with Crippen LogP contribution in [0.2, 0.25) is 0 Å². The first-order chi connectivity index (χ1) is 9.92. The zero-order valence-corrected chi connectivity index (χ0v) is 13.0. The fourth-order valence-electron chi connectivity index (χ4n) is 1.92. The van der Waals surface area contributed by atoms with Gasteiger partial charge in [-0.1, -0.05) is 15.9 Å². The number of nitro groups is 1. The van der Waals surface area contributed by atoms with Crippen LogP contribution in [0.4, 0.5) is 5.69 Å². The molecule has 5 nitrogen and oxygen atoms in total. The molecule has 0 aliphatic carbocycles. The Kier molecular flexibility index (Phi) is 4.24. The van der Waals surface area contributed by atoms with Gasteiger partial charge in [-0.3, -0.25) is 10.1 Å². The monoisotopic (exact) mass is 346 g/mol. The highest BCUT2D eigenvalue weighted by molar-refractivity contribution is 9.10. The van der Waals surface area contributed by atoms with Gasteiger partial charge < -0.3 is 4.74 Å². The summed E-state index contributed by atoms with van der Waals surface area (Å²) < 4.78 is 6.65. The molecule has 2 aromatic carbocycles. The number of rotatable bonds is 3. The summed E-state index contributed by atoms with van der Waals surface area (Å²) in [4.78, 5) is 10.3. The van der Waals surface area contributed by atoms with Gasteiger partial charge in [0.15, 0.2) is 0 Å². The minimum Gasteiger partial charge on any atom is -0.457 e. The van der Waals surface area contributed by atoms with E-state index in [1.54, 1.807) is 6.07 Å². The number of nitrogens with zero attached hydrogens (tertiary/aromatic N) is 2. The molecule has 21 heavy (non-hydrogen) atoms. The highest BCUT2D eigenvalue weighted by Crippen LogP contribution is 2.31. The molecule has 0 spiro atoms. The fourth-order valence-corrected chi connectivity index (χ4v) is 2.15. The molecule has 6 heteroatoms. The first-order valence-electron chi connectivity index (χ1n) is 6.05. The zero-order valence-electron chi connectivity index (χ0n) is 11.4. The molecular weight excluding hydrogens is 336 g/mol. The summed E-state index contributed by atoms with van der Waals surface area (Å²) in [6.07, 6.45) is 0. The molecule has 0 aliphatic heterocycles. The van der Waals surface area contributed by atoms with Crippen LogP contribution in [0.1, 0.15) is 16.7 Å². The van der Waals surface area contributed by atoms with E-state index in [9.17, 15) is 10.1 Å². The van der Waals surface area contributed by atoms with Crippen LogP contribution in [-0.2, 0) is 0 Å². The summed E-state index contributed by atoms with van der Waals surface area (Å²) in [5.74, 6) is 0.911. The van der Waals surface area contributed by atoms with Crippen molar-refractivity contribution in [1.82, 2.24) is 0 Å². The van der Waals surface area contributed by atoms with Crippen molar-refractivity contribution in [1.29, 1.82) is 5.26 Å². The van der Waals surface area contributed by atoms with E-state index >= 15 is 0 Å². The van der Waals surface area contributed by atoms with Gasteiger partial charge in [-0.2, -0.15) is 5.26 Å². The van der Waals surface area contributed by atoms with Crippen molar-refractivity contribution >= 4 is 21.6 Å². The number of hydrogen-bond donors (Lipinski definition) is 0. The Morgan fingerprint density at radius 1 is 1.19 bits per heavy atom. The molecule has 0 unspecified atom stereocenters. The van der Waals surface area contributed by atoms with Crippen LogP contribution in [0.15, 0.2) is 34.8 Å². The van der Waals surface area contributed by atoms with Gasteiger partial charge in [0.1, 0.15) is 23.1 Å². The third-order valence-electron chi connectivity index (χ3n) is 2.93. The van der Waals surface area contributed by atoms with Crippen molar-refractivity contribution in [3.63, 3.8) is 0 Å². The second kappa shape index (κ2) is 5.94. The molecule has 0 atom stereocenters. The predicted octanol–water partition coefficient (Wildman–Crippen LogP) is 4.64. The van der Waals surface area contributed by atoms with E-state index in [2.05, 4.69) is 15.9 Å². The van der Waals surface area contributed by atoms with Gasteiger partial charge in [-0.05, 0) is 49.2 Å². The highest BCUT2D eigenvalue weighted by Gasteiger charge is 2.15. The van der Waals surface area contributed by atoms with Crippen molar-refractivity contribution in [2.24, 2.45) is 0 Å². The summed E-state index contributed by atoms with van der Waals surface area (Å²) in [6.45, 7) is 3.87. The average molecular weight is 347 g/mol. The Hall–Kier alpha value is -2.39. The molecular formula is C15H11BrN2O3. The SMILES string of the molecule is Cc1cc(Oc2ccc(C#N)c([N+](=O)[O-])c2)cc(C)c1Br. The van der Waals surface area contributed by atoms with Crippen molar-refractivity contribution < 1.29 is 9.66 Å². The van der Waals surface area contributed by atoms with Gasteiger partial charge in [0.25, 0.3) is 5.69 Å². The lowest BCUT2D eigenvalue weighted by molar-refractivity contribution is -0.385. The van der Waals surface area contributed by atoms with E-state index in [0.29, 0.717) is 11.5 Å². The topological polar surface area (TPSA) is 76.2 Å². The van der Waals surface area contributed by atoms with Crippen molar-refractivity contribution in [3.05, 3.63) is 61.6 Å². The maximum absolute atomic E-state index is 10.9. The molecule has 0 saturated heterocycles. The third-order valence-corrected chi connectivity index (χ3v) is 4.18. The third kappa shape index (κ3) is 3.20. The molecule has 2 rings (SSSR count). The standard InChI is InChI=1S/C15H11BrN2O3/c1-9-5-13(6-10(2)15(9)16)21-12-4-3-11(8-17)14(7-12)18(19)20/h3-7H,1-2H3. The van der Waals surface area contributed by atoms with E-state index in [4.69, 9.17) is 10.00 Å². The molecule has 0 fully saturated rings. The van der Waals surface area contributed by atoms with Gasteiger partial charge in [0.2, 0.25) is 0 Å². The minimum absolute atomic E-state index is 0.00974. The van der Waals surface area contributed by atoms with E-state index in [1.165, 1.54) is 18.2 Å². The van der Waals surface area contributed by atoms with Gasteiger partial charge in [-0.25, -0.2) is 0 Å². The lowest BCUT2D eigenvalue weighted by atomic mass is 10.1. The number of aryl methyl sites for hydroxylation is 2. The maximum atomic E-state index is 10.9. The molecule has 106 valence electrons. The smallest absolute Gasteiger partial charge is 0.290 e. The van der Waals surface area contributed by atoms with Crippen molar-refractivity contribution in [2.75, 3.05) is 0 Å². The van der Waals surface area contributed by atoms with Crippen LogP contribution in [-0.4, -0.2) is 4.92 Å². The molecule has 0 bridgehead atoms. The van der Waals surface area contributed by atoms with Crippen LogP contribution in [0.25, 0.3) is 0 Å². The molecule has 2 aromatic rings. The zero-order chi connectivity index (χ0) is 15.6. The Morgan fingerprint density at radius 3 is 2.33 bits per heavy atom. The minimum atomic E-state index is -0.594. The summed E-state index contributed by atoms with van der Waals surface area (Å²) in [7, 11) is 0. The Bertz CT molecular complexity index is 743. The average Bonchev–Trinajstić information content (AvgIpc) is 2.44. The van der Waals surface area contributed by atoms with Crippen molar-refractivity contribution in [2.45, 2.75) is 13.8 Å². The number of halogens is 1. The molecule has 0 amide bonds. The van der Waals surface area contributed by atoms with E-state index in [1.807, 2.05) is 26.0 Å². The van der Waals surface area contributed by atoms with E-state index in [-0.39, 0.29) is 11.3 Å². The highest BCUT2D eigenvalue weighted by atomic mass is 79.9. The van der Waals surface area contributed by atoms with Crippen LogP contribution in [0.3, 0.4) is 0 Å². The molecule has 0 aliphatic rings. The number of ether oxygens (including phenoxy) is 1. The Labute approximate surface area is 130 Å². The van der Waals surface area contributed by atoms with Gasteiger partial charge in [0.05, 0.1) is 11.0 Å². The fraction of sp³-hybridized carbons (Fsp3) is 0.133. The molecule has 0 N–H and O–H groups in total. The molecule has 0 heterocycles. The normalized spacial score (nSPS) is 10.0. The van der Waals surface area contributed by atoms with Crippen molar-refractivity contribution in [3.8, 4) is 17.6 Å². The van der Waals surface area contributed by atoms with Gasteiger partial charge in [-0.15, -0.1) is 0 Å². The summed E-state index contributed by atoms with van der Waals surface area (Å²) >= 11 is 3.47. The second-order valence-electron chi connectivity index (χ2n) is 4.52. The Morgan fingerprint density at radius 2 is 1.81 bits per heavy atom. The predicted molar refractivity (Wildman–Crippen MR) is 81.5 cm³/mol. The van der Waals surface area contributed by atoms with Crippen LogP contribution in [0.5, 0.6) is 11.5 Å². The van der Waals surface area contributed by atoms with E-state index < -0.39 is 4.92 Å². The molecule has 0 aromatic heterocycles. The quantitative estimate of drug-likeness (QED) is 0.599. The first-order valence-corrected chi connectivity index (χ1v) is 6.85. The number of hydrogen-bond acceptors (Lipinski definition) is 4. The lowest BCUT2D eigenvalue weighted by Gasteiger charge is -2.10. The second-order valence-corrected chi connectivity index (χ2v) is 5.31. The maximum Gasteiger partial charge on any atom is 0.290 e. The largest absolute Gasteiger partial charge is 0.457 e. The number of benzene rings is 2. The summed E-state index contributed by atoms with van der Waals surface area (Å²) in [5.41, 5.74) is 1.76. The Balaban J connectivity index is 2.39. The summed E-state index contributed by atoms with van der Waals surface area (Å²) in [5, 5.41) is 19.8. The first kappa shape index (κ1) is 15.0. The van der Waals surface area contributed by atoms with Gasteiger partial charge >= 0.3 is 0 Å². The number of nitriles is 1. The molecule has 0 radical (unpaired) electrons. The van der Waals surface area contributed by atoms with Crippen LogP contribution >= 0.6 is 15.9 Å².